The highest BCUT2D eigenvalue weighted by atomic mass is 35.5. The van der Waals surface area contributed by atoms with Gasteiger partial charge in [0.1, 0.15) is 0 Å². The van der Waals surface area contributed by atoms with Gasteiger partial charge in [-0.1, -0.05) is 13.8 Å². The molecule has 0 radical (unpaired) electrons. The van der Waals surface area contributed by atoms with Crippen molar-refractivity contribution in [3.8, 4) is 0 Å². The largest absolute Gasteiger partial charge is 0.399 e. The molecule has 0 bridgehead atoms. The summed E-state index contributed by atoms with van der Waals surface area (Å²) in [6.07, 6.45) is 0.521. The lowest BCUT2D eigenvalue weighted by molar-refractivity contribution is 0.300. The van der Waals surface area contributed by atoms with Crippen LogP contribution >= 0.6 is 12.4 Å². The van der Waals surface area contributed by atoms with Gasteiger partial charge in [0, 0.05) is 18.0 Å². The fourth-order valence-electron chi connectivity index (χ4n) is 2.40. The second-order valence-corrected chi connectivity index (χ2v) is 5.69. The Labute approximate surface area is 142 Å². The molecule has 1 heterocycles. The standard InChI is InChI=1S/C15H24N6O.ClH/c1-8(2)13(14-12(17)15(18)21-20-14)19-10-3-4-11(16)9(7-10)5-6-22;/h3-4,7-8,13,19,22H,5-6,16-17H2,1-2H3,(H3,18,20,21);1H. The molecule has 9 N–H and O–H groups in total. The van der Waals surface area contributed by atoms with E-state index in [1.807, 2.05) is 18.2 Å². The maximum atomic E-state index is 9.10. The number of H-pyrrole nitrogens is 1. The Morgan fingerprint density at radius 2 is 1.96 bits per heavy atom. The molecule has 1 aromatic heterocycles. The monoisotopic (exact) mass is 340 g/mol. The van der Waals surface area contributed by atoms with Gasteiger partial charge in [-0.05, 0) is 36.1 Å². The molecule has 0 aliphatic carbocycles. The Morgan fingerprint density at radius 3 is 2.48 bits per heavy atom. The zero-order valence-corrected chi connectivity index (χ0v) is 14.2. The molecule has 2 rings (SSSR count). The quantitative estimate of drug-likeness (QED) is 0.444. The molecule has 1 atom stereocenters. The van der Waals surface area contributed by atoms with Crippen molar-refractivity contribution in [1.82, 2.24) is 10.2 Å². The van der Waals surface area contributed by atoms with E-state index in [2.05, 4.69) is 29.4 Å². The number of hydrogen-bond acceptors (Lipinski definition) is 6. The highest BCUT2D eigenvalue weighted by molar-refractivity contribution is 5.85. The summed E-state index contributed by atoms with van der Waals surface area (Å²) in [6, 6.07) is 5.61. The van der Waals surface area contributed by atoms with Crippen LogP contribution in [0.3, 0.4) is 0 Å². The van der Waals surface area contributed by atoms with Crippen molar-refractivity contribution in [2.75, 3.05) is 29.1 Å². The minimum absolute atomic E-state index is 0. The highest BCUT2D eigenvalue weighted by Crippen LogP contribution is 2.32. The lowest BCUT2D eigenvalue weighted by atomic mass is 9.99. The number of aromatic amines is 1. The van der Waals surface area contributed by atoms with Gasteiger partial charge in [-0.25, -0.2) is 0 Å². The molecule has 1 aromatic carbocycles. The van der Waals surface area contributed by atoms with Crippen molar-refractivity contribution in [3.63, 3.8) is 0 Å². The first-order valence-corrected chi connectivity index (χ1v) is 7.29. The molecule has 0 saturated heterocycles. The number of halogens is 1. The van der Waals surface area contributed by atoms with Crippen molar-refractivity contribution in [1.29, 1.82) is 0 Å². The van der Waals surface area contributed by atoms with Gasteiger partial charge in [0.25, 0.3) is 0 Å². The Bertz CT molecular complexity index is 643. The van der Waals surface area contributed by atoms with Gasteiger partial charge >= 0.3 is 0 Å². The number of nitrogen functional groups attached to an aromatic ring is 3. The number of nitrogens with zero attached hydrogens (tertiary/aromatic N) is 1. The number of rotatable bonds is 6. The van der Waals surface area contributed by atoms with E-state index in [1.54, 1.807) is 0 Å². The zero-order valence-electron chi connectivity index (χ0n) is 13.3. The fraction of sp³-hybridized carbons (Fsp3) is 0.400. The number of hydrogen-bond donors (Lipinski definition) is 6. The highest BCUT2D eigenvalue weighted by Gasteiger charge is 2.22. The third-order valence-electron chi connectivity index (χ3n) is 3.69. The van der Waals surface area contributed by atoms with E-state index in [1.165, 1.54) is 0 Å². The van der Waals surface area contributed by atoms with Gasteiger partial charge in [0.15, 0.2) is 5.82 Å². The van der Waals surface area contributed by atoms with E-state index in [4.69, 9.17) is 22.3 Å². The number of anilines is 4. The zero-order chi connectivity index (χ0) is 16.3. The first kappa shape index (κ1) is 18.9. The summed E-state index contributed by atoms with van der Waals surface area (Å²) in [5.41, 5.74) is 21.3. The van der Waals surface area contributed by atoms with E-state index < -0.39 is 0 Å². The molecular formula is C15H25ClN6O. The Hall–Kier alpha value is -2.12. The second-order valence-electron chi connectivity index (χ2n) is 5.69. The van der Waals surface area contributed by atoms with Crippen LogP contribution in [0.1, 0.15) is 31.1 Å². The van der Waals surface area contributed by atoms with Crippen LogP contribution in [0.4, 0.5) is 22.9 Å². The lowest BCUT2D eigenvalue weighted by Gasteiger charge is -2.23. The van der Waals surface area contributed by atoms with Gasteiger partial charge < -0.3 is 27.6 Å². The summed E-state index contributed by atoms with van der Waals surface area (Å²) in [4.78, 5) is 0. The summed E-state index contributed by atoms with van der Waals surface area (Å²) in [5, 5.41) is 19.4. The van der Waals surface area contributed by atoms with Crippen LogP contribution in [-0.2, 0) is 6.42 Å². The molecule has 0 amide bonds. The SMILES string of the molecule is CC(C)C(Nc1ccc(N)c(CCO)c1)c1[nH]nc(N)c1N.Cl. The number of nitrogens with two attached hydrogens (primary N) is 3. The van der Waals surface area contributed by atoms with E-state index in [0.717, 1.165) is 16.9 Å². The molecule has 1 unspecified atom stereocenters. The van der Waals surface area contributed by atoms with Crippen LogP contribution in [0.15, 0.2) is 18.2 Å². The molecule has 2 aromatic rings. The molecule has 0 aliphatic heterocycles. The minimum atomic E-state index is -0.0598. The third-order valence-corrected chi connectivity index (χ3v) is 3.69. The summed E-state index contributed by atoms with van der Waals surface area (Å²) < 4.78 is 0. The maximum Gasteiger partial charge on any atom is 0.168 e. The number of aliphatic hydroxyl groups excluding tert-OH is 1. The summed E-state index contributed by atoms with van der Waals surface area (Å²) in [5.74, 6) is 0.571. The van der Waals surface area contributed by atoms with Crippen LogP contribution in [-0.4, -0.2) is 21.9 Å². The van der Waals surface area contributed by atoms with Crippen LogP contribution in [0.5, 0.6) is 0 Å². The van der Waals surface area contributed by atoms with Gasteiger partial charge in [-0.3, -0.25) is 5.10 Å². The lowest BCUT2D eigenvalue weighted by Crippen LogP contribution is -2.19. The number of aromatic nitrogens is 2. The van der Waals surface area contributed by atoms with Crippen LogP contribution in [0.25, 0.3) is 0 Å². The Balaban J connectivity index is 0.00000264. The fourth-order valence-corrected chi connectivity index (χ4v) is 2.40. The van der Waals surface area contributed by atoms with Crippen molar-refractivity contribution in [2.24, 2.45) is 5.92 Å². The first-order valence-electron chi connectivity index (χ1n) is 7.29. The molecule has 0 aliphatic rings. The molecule has 0 saturated carbocycles. The van der Waals surface area contributed by atoms with Gasteiger partial charge in [-0.15, -0.1) is 12.4 Å². The first-order chi connectivity index (χ1) is 10.4. The number of aliphatic hydroxyl groups is 1. The number of nitrogens with one attached hydrogen (secondary N) is 2. The van der Waals surface area contributed by atoms with Crippen molar-refractivity contribution in [3.05, 3.63) is 29.5 Å². The summed E-state index contributed by atoms with van der Waals surface area (Å²) >= 11 is 0. The van der Waals surface area contributed by atoms with Crippen molar-refractivity contribution < 1.29 is 5.11 Å². The van der Waals surface area contributed by atoms with Crippen molar-refractivity contribution >= 4 is 35.3 Å². The van der Waals surface area contributed by atoms with E-state index >= 15 is 0 Å². The van der Waals surface area contributed by atoms with Gasteiger partial charge in [0.05, 0.1) is 17.4 Å². The van der Waals surface area contributed by atoms with Crippen molar-refractivity contribution in [2.45, 2.75) is 26.3 Å². The predicted molar refractivity (Wildman–Crippen MR) is 97.5 cm³/mol. The van der Waals surface area contributed by atoms with Crippen LogP contribution in [0.2, 0.25) is 0 Å². The third kappa shape index (κ3) is 4.20. The summed E-state index contributed by atoms with van der Waals surface area (Å²) in [6.45, 7) is 4.23. The average Bonchev–Trinajstić information content (AvgIpc) is 2.80. The second kappa shape index (κ2) is 7.94. The van der Waals surface area contributed by atoms with Gasteiger partial charge in [0.2, 0.25) is 0 Å². The summed E-state index contributed by atoms with van der Waals surface area (Å²) in [7, 11) is 0. The minimum Gasteiger partial charge on any atom is -0.399 e. The molecule has 0 fully saturated rings. The Kier molecular flexibility index (Phi) is 6.53. The van der Waals surface area contributed by atoms with E-state index in [-0.39, 0.29) is 31.0 Å². The van der Waals surface area contributed by atoms with Gasteiger partial charge in [-0.2, -0.15) is 5.10 Å². The van der Waals surface area contributed by atoms with E-state index in [0.29, 0.717) is 23.6 Å². The molecule has 23 heavy (non-hydrogen) atoms. The Morgan fingerprint density at radius 1 is 1.26 bits per heavy atom. The molecule has 7 nitrogen and oxygen atoms in total. The van der Waals surface area contributed by atoms with Crippen LogP contribution in [0, 0.1) is 5.92 Å². The maximum absolute atomic E-state index is 9.10. The smallest absolute Gasteiger partial charge is 0.168 e. The van der Waals surface area contributed by atoms with E-state index in [9.17, 15) is 0 Å². The average molecular weight is 341 g/mol. The normalized spacial score (nSPS) is 12.0. The predicted octanol–water partition coefficient (Wildman–Crippen LogP) is 1.92. The molecule has 8 heteroatoms. The number of benzene rings is 1. The molecular weight excluding hydrogens is 316 g/mol. The molecule has 0 spiro atoms. The topological polar surface area (TPSA) is 139 Å². The van der Waals surface area contributed by atoms with Crippen LogP contribution < -0.4 is 22.5 Å². The molecule has 128 valence electrons.